The van der Waals surface area contributed by atoms with Crippen molar-refractivity contribution >= 4 is 46.6 Å². The molecule has 3 rings (SSSR count). The quantitative estimate of drug-likeness (QED) is 0.530. The fourth-order valence-corrected chi connectivity index (χ4v) is 3.75. The third kappa shape index (κ3) is 4.77. The topological polar surface area (TPSA) is 78.3 Å². The number of ether oxygens (including phenoxy) is 2. The van der Waals surface area contributed by atoms with Crippen LogP contribution in [-0.4, -0.2) is 40.6 Å². The highest BCUT2D eigenvalue weighted by Crippen LogP contribution is 2.36. The fourth-order valence-electron chi connectivity index (χ4n) is 2.59. The smallest absolute Gasteiger partial charge is 0.234 e. The van der Waals surface area contributed by atoms with E-state index in [2.05, 4.69) is 15.5 Å². The average molecular weight is 453 g/mol. The standard InChI is InChI=1S/C19H18Cl2N4O3S/c1-25-18(11-6-4-5-7-12(11)20)23-24-19(25)29-10-17(26)22-14-9-15(27-2)13(21)8-16(14)28-3/h4-9H,10H2,1-3H3,(H,22,26). The number of nitrogens with zero attached hydrogens (tertiary/aromatic N) is 3. The molecule has 0 saturated carbocycles. The Hall–Kier alpha value is -2.42. The molecule has 152 valence electrons. The summed E-state index contributed by atoms with van der Waals surface area (Å²) in [6.45, 7) is 0. The largest absolute Gasteiger partial charge is 0.495 e. The number of anilines is 1. The molecule has 0 spiro atoms. The summed E-state index contributed by atoms with van der Waals surface area (Å²) in [5.41, 5.74) is 1.24. The van der Waals surface area contributed by atoms with E-state index in [1.165, 1.54) is 26.0 Å². The second kappa shape index (κ2) is 9.39. The monoisotopic (exact) mass is 452 g/mol. The molecule has 0 radical (unpaired) electrons. The first-order valence-corrected chi connectivity index (χ1v) is 10.2. The second-order valence-corrected chi connectivity index (χ2v) is 7.63. The van der Waals surface area contributed by atoms with Crippen LogP contribution >= 0.6 is 35.0 Å². The van der Waals surface area contributed by atoms with Crippen LogP contribution in [0, 0.1) is 0 Å². The lowest BCUT2D eigenvalue weighted by atomic mass is 10.2. The number of carbonyl (C=O) groups is 1. The van der Waals surface area contributed by atoms with Crippen LogP contribution in [0.1, 0.15) is 0 Å². The number of nitrogens with one attached hydrogen (secondary N) is 1. The molecule has 1 amide bonds. The third-order valence-corrected chi connectivity index (χ3v) is 5.68. The minimum Gasteiger partial charge on any atom is -0.495 e. The highest BCUT2D eigenvalue weighted by Gasteiger charge is 2.16. The molecule has 0 saturated heterocycles. The Bertz CT molecular complexity index is 1040. The maximum atomic E-state index is 12.4. The Balaban J connectivity index is 1.70. The molecule has 2 aromatic carbocycles. The number of hydrogen-bond donors (Lipinski definition) is 1. The van der Waals surface area contributed by atoms with Gasteiger partial charge in [0.25, 0.3) is 0 Å². The van der Waals surface area contributed by atoms with Gasteiger partial charge in [0, 0.05) is 24.7 Å². The summed E-state index contributed by atoms with van der Waals surface area (Å²) in [6, 6.07) is 10.6. The van der Waals surface area contributed by atoms with Gasteiger partial charge in [0.2, 0.25) is 5.91 Å². The van der Waals surface area contributed by atoms with Crippen LogP contribution in [0.25, 0.3) is 11.4 Å². The van der Waals surface area contributed by atoms with E-state index >= 15 is 0 Å². The maximum absolute atomic E-state index is 12.4. The first kappa shape index (κ1) is 21.3. The minimum absolute atomic E-state index is 0.128. The Morgan fingerprint density at radius 2 is 1.83 bits per heavy atom. The summed E-state index contributed by atoms with van der Waals surface area (Å²) < 4.78 is 12.3. The SMILES string of the molecule is COc1cc(NC(=O)CSc2nnc(-c3ccccc3Cl)n2C)c(OC)cc1Cl. The van der Waals surface area contributed by atoms with Gasteiger partial charge in [-0.25, -0.2) is 0 Å². The van der Waals surface area contributed by atoms with Crippen molar-refractivity contribution in [1.82, 2.24) is 14.8 Å². The van der Waals surface area contributed by atoms with E-state index in [9.17, 15) is 4.79 Å². The molecule has 0 aliphatic heterocycles. The molecule has 10 heteroatoms. The maximum Gasteiger partial charge on any atom is 0.234 e. The minimum atomic E-state index is -0.236. The van der Waals surface area contributed by atoms with Gasteiger partial charge in [0.05, 0.1) is 35.7 Å². The Morgan fingerprint density at radius 1 is 1.10 bits per heavy atom. The van der Waals surface area contributed by atoms with Gasteiger partial charge in [0.15, 0.2) is 11.0 Å². The van der Waals surface area contributed by atoms with Gasteiger partial charge >= 0.3 is 0 Å². The number of thioether (sulfide) groups is 1. The molecule has 7 nitrogen and oxygen atoms in total. The van der Waals surface area contributed by atoms with Crippen molar-refractivity contribution in [3.8, 4) is 22.9 Å². The summed E-state index contributed by atoms with van der Waals surface area (Å²) in [7, 11) is 4.82. The van der Waals surface area contributed by atoms with Crippen LogP contribution in [0.15, 0.2) is 41.6 Å². The average Bonchev–Trinajstić information content (AvgIpc) is 3.08. The van der Waals surface area contributed by atoms with Crippen molar-refractivity contribution in [2.75, 3.05) is 25.3 Å². The van der Waals surface area contributed by atoms with Crippen LogP contribution in [0.3, 0.4) is 0 Å². The molecular weight excluding hydrogens is 435 g/mol. The van der Waals surface area contributed by atoms with E-state index in [0.29, 0.717) is 38.2 Å². The fraction of sp³-hybridized carbons (Fsp3) is 0.211. The van der Waals surface area contributed by atoms with Crippen molar-refractivity contribution in [3.05, 3.63) is 46.4 Å². The van der Waals surface area contributed by atoms with Crippen molar-refractivity contribution < 1.29 is 14.3 Å². The number of methoxy groups -OCH3 is 2. The lowest BCUT2D eigenvalue weighted by Crippen LogP contribution is -2.15. The Kier molecular flexibility index (Phi) is 6.89. The van der Waals surface area contributed by atoms with Crippen LogP contribution in [0.4, 0.5) is 5.69 Å². The number of rotatable bonds is 7. The predicted octanol–water partition coefficient (Wildman–Crippen LogP) is 4.54. The molecule has 3 aromatic rings. The molecule has 0 atom stereocenters. The molecular formula is C19H18Cl2N4O3S. The van der Waals surface area contributed by atoms with Crippen LogP contribution in [-0.2, 0) is 11.8 Å². The summed E-state index contributed by atoms with van der Waals surface area (Å²) in [5, 5.41) is 12.7. The molecule has 1 aromatic heterocycles. The van der Waals surface area contributed by atoms with Gasteiger partial charge in [-0.3, -0.25) is 4.79 Å². The highest BCUT2D eigenvalue weighted by atomic mass is 35.5. The molecule has 1 N–H and O–H groups in total. The number of amides is 1. The van der Waals surface area contributed by atoms with E-state index in [1.807, 2.05) is 25.2 Å². The number of benzene rings is 2. The lowest BCUT2D eigenvalue weighted by Gasteiger charge is -2.13. The van der Waals surface area contributed by atoms with Crippen molar-refractivity contribution in [2.45, 2.75) is 5.16 Å². The Morgan fingerprint density at radius 3 is 2.52 bits per heavy atom. The summed E-state index contributed by atoms with van der Waals surface area (Å²) in [6.07, 6.45) is 0. The van der Waals surface area contributed by atoms with Gasteiger partial charge in [-0.15, -0.1) is 10.2 Å². The summed E-state index contributed by atoms with van der Waals surface area (Å²) in [5.74, 6) is 1.40. The molecule has 29 heavy (non-hydrogen) atoms. The van der Waals surface area contributed by atoms with Crippen molar-refractivity contribution in [1.29, 1.82) is 0 Å². The molecule has 0 bridgehead atoms. The third-order valence-electron chi connectivity index (χ3n) is 4.03. The zero-order chi connectivity index (χ0) is 21.0. The van der Waals surface area contributed by atoms with Gasteiger partial charge in [-0.1, -0.05) is 47.1 Å². The van der Waals surface area contributed by atoms with Gasteiger partial charge < -0.3 is 19.4 Å². The summed E-state index contributed by atoms with van der Waals surface area (Å²) >= 11 is 13.6. The highest BCUT2D eigenvalue weighted by molar-refractivity contribution is 7.99. The normalized spacial score (nSPS) is 10.7. The van der Waals surface area contributed by atoms with Crippen LogP contribution in [0.2, 0.25) is 10.0 Å². The van der Waals surface area contributed by atoms with Crippen molar-refractivity contribution in [2.24, 2.45) is 7.05 Å². The van der Waals surface area contributed by atoms with Crippen LogP contribution < -0.4 is 14.8 Å². The Labute approximate surface area is 182 Å². The summed E-state index contributed by atoms with van der Waals surface area (Å²) in [4.78, 5) is 12.4. The number of aromatic nitrogens is 3. The molecule has 0 aliphatic rings. The molecule has 0 unspecified atom stereocenters. The van der Waals surface area contributed by atoms with E-state index in [4.69, 9.17) is 32.7 Å². The van der Waals surface area contributed by atoms with Crippen LogP contribution in [0.5, 0.6) is 11.5 Å². The van der Waals surface area contributed by atoms with Gasteiger partial charge in [-0.05, 0) is 12.1 Å². The first-order valence-electron chi connectivity index (χ1n) is 8.43. The zero-order valence-corrected chi connectivity index (χ0v) is 18.2. The molecule has 0 aliphatic carbocycles. The number of carbonyl (C=O) groups excluding carboxylic acids is 1. The zero-order valence-electron chi connectivity index (χ0n) is 15.9. The predicted molar refractivity (Wildman–Crippen MR) is 115 cm³/mol. The van der Waals surface area contributed by atoms with Gasteiger partial charge in [-0.2, -0.15) is 0 Å². The molecule has 0 fully saturated rings. The van der Waals surface area contributed by atoms with E-state index < -0.39 is 0 Å². The number of halogens is 2. The van der Waals surface area contributed by atoms with Gasteiger partial charge in [0.1, 0.15) is 11.5 Å². The van der Waals surface area contributed by atoms with E-state index in [0.717, 1.165) is 5.56 Å². The second-order valence-electron chi connectivity index (χ2n) is 5.87. The number of hydrogen-bond acceptors (Lipinski definition) is 6. The lowest BCUT2D eigenvalue weighted by molar-refractivity contribution is -0.113. The first-order chi connectivity index (χ1) is 13.9. The van der Waals surface area contributed by atoms with Crippen molar-refractivity contribution in [3.63, 3.8) is 0 Å². The van der Waals surface area contributed by atoms with E-state index in [-0.39, 0.29) is 11.7 Å². The van der Waals surface area contributed by atoms with E-state index in [1.54, 1.807) is 22.8 Å². The molecule has 1 heterocycles.